The summed E-state index contributed by atoms with van der Waals surface area (Å²) in [6.45, 7) is 1.90. The molecule has 1 unspecified atom stereocenters. The molecule has 90 valence electrons. The van der Waals surface area contributed by atoms with E-state index in [4.69, 9.17) is 5.73 Å². The normalized spacial score (nSPS) is 12.8. The van der Waals surface area contributed by atoms with Crippen molar-refractivity contribution in [2.24, 2.45) is 5.73 Å². The molecular formula is C13H13N5. The number of rotatable bonds is 2. The van der Waals surface area contributed by atoms with E-state index in [1.165, 1.54) is 0 Å². The summed E-state index contributed by atoms with van der Waals surface area (Å²) in [5.41, 5.74) is 7.59. The fourth-order valence-electron chi connectivity index (χ4n) is 1.95. The highest BCUT2D eigenvalue weighted by Crippen LogP contribution is 2.21. The van der Waals surface area contributed by atoms with Crippen molar-refractivity contribution >= 4 is 11.2 Å². The molecule has 1 atom stereocenters. The molecule has 0 aliphatic heterocycles. The molecule has 3 aromatic rings. The van der Waals surface area contributed by atoms with Gasteiger partial charge in [-0.05, 0) is 31.2 Å². The molecule has 0 saturated carbocycles. The summed E-state index contributed by atoms with van der Waals surface area (Å²) in [5, 5.41) is 0. The summed E-state index contributed by atoms with van der Waals surface area (Å²) in [5.74, 6) is 1.55. The molecule has 0 fully saturated rings. The summed E-state index contributed by atoms with van der Waals surface area (Å²) in [6.07, 6.45) is 3.49. The molecule has 0 spiro atoms. The molecule has 18 heavy (non-hydrogen) atoms. The summed E-state index contributed by atoms with van der Waals surface area (Å²) >= 11 is 0. The first-order chi connectivity index (χ1) is 8.77. The maximum Gasteiger partial charge on any atom is 0.165 e. The fourth-order valence-corrected chi connectivity index (χ4v) is 1.95. The zero-order chi connectivity index (χ0) is 12.5. The minimum atomic E-state index is -0.179. The van der Waals surface area contributed by atoms with Gasteiger partial charge in [-0.3, -0.25) is 4.57 Å². The van der Waals surface area contributed by atoms with Crippen LogP contribution in [0, 0.1) is 0 Å². The Morgan fingerprint density at radius 1 is 1.11 bits per heavy atom. The molecule has 5 nitrogen and oxygen atoms in total. The number of pyridine rings is 2. The van der Waals surface area contributed by atoms with E-state index in [1.807, 2.05) is 41.8 Å². The van der Waals surface area contributed by atoms with Gasteiger partial charge in [0.1, 0.15) is 17.2 Å². The Morgan fingerprint density at radius 2 is 1.94 bits per heavy atom. The number of nitrogens with two attached hydrogens (primary N) is 1. The minimum absolute atomic E-state index is 0.179. The van der Waals surface area contributed by atoms with Crippen molar-refractivity contribution in [2.45, 2.75) is 13.0 Å². The van der Waals surface area contributed by atoms with Gasteiger partial charge < -0.3 is 5.73 Å². The Balaban J connectivity index is 2.35. The Labute approximate surface area is 104 Å². The van der Waals surface area contributed by atoms with Crippen LogP contribution in [0.2, 0.25) is 0 Å². The van der Waals surface area contributed by atoms with Crippen molar-refractivity contribution in [2.75, 3.05) is 0 Å². The van der Waals surface area contributed by atoms with E-state index < -0.39 is 0 Å². The average Bonchev–Trinajstić information content (AvgIpc) is 2.79. The van der Waals surface area contributed by atoms with Crippen LogP contribution in [-0.2, 0) is 0 Å². The van der Waals surface area contributed by atoms with Gasteiger partial charge in [0.05, 0.1) is 6.04 Å². The average molecular weight is 239 g/mol. The van der Waals surface area contributed by atoms with Crippen LogP contribution in [0.1, 0.15) is 18.8 Å². The van der Waals surface area contributed by atoms with Crippen molar-refractivity contribution in [3.63, 3.8) is 0 Å². The van der Waals surface area contributed by atoms with Gasteiger partial charge in [-0.15, -0.1) is 0 Å². The molecule has 0 radical (unpaired) electrons. The van der Waals surface area contributed by atoms with Crippen LogP contribution in [0.5, 0.6) is 0 Å². The minimum Gasteiger partial charge on any atom is -0.322 e. The topological polar surface area (TPSA) is 69.6 Å². The fraction of sp³-hybridized carbons (Fsp3) is 0.154. The molecule has 0 amide bonds. The van der Waals surface area contributed by atoms with E-state index in [-0.39, 0.29) is 6.04 Å². The zero-order valence-corrected chi connectivity index (χ0v) is 9.99. The monoisotopic (exact) mass is 239 g/mol. The van der Waals surface area contributed by atoms with Gasteiger partial charge in [0.15, 0.2) is 5.65 Å². The number of imidazole rings is 1. The lowest BCUT2D eigenvalue weighted by molar-refractivity contribution is 0.719. The van der Waals surface area contributed by atoms with Gasteiger partial charge in [0.25, 0.3) is 0 Å². The number of aromatic nitrogens is 4. The van der Waals surface area contributed by atoms with Gasteiger partial charge in [0.2, 0.25) is 0 Å². The Kier molecular flexibility index (Phi) is 2.53. The highest BCUT2D eigenvalue weighted by Gasteiger charge is 2.16. The van der Waals surface area contributed by atoms with Crippen molar-refractivity contribution < 1.29 is 0 Å². The molecular weight excluding hydrogens is 226 g/mol. The number of nitrogens with zero attached hydrogens (tertiary/aromatic N) is 4. The number of hydrogen-bond acceptors (Lipinski definition) is 4. The smallest absolute Gasteiger partial charge is 0.165 e. The lowest BCUT2D eigenvalue weighted by atomic mass is 10.3. The lowest BCUT2D eigenvalue weighted by Gasteiger charge is -2.09. The predicted molar refractivity (Wildman–Crippen MR) is 69.3 cm³/mol. The largest absolute Gasteiger partial charge is 0.322 e. The third-order valence-corrected chi connectivity index (χ3v) is 2.73. The molecule has 0 aliphatic rings. The van der Waals surface area contributed by atoms with E-state index in [1.54, 1.807) is 12.4 Å². The molecule has 3 rings (SSSR count). The van der Waals surface area contributed by atoms with Crippen molar-refractivity contribution in [3.05, 3.63) is 48.5 Å². The first-order valence-electron chi connectivity index (χ1n) is 5.78. The highest BCUT2D eigenvalue weighted by atomic mass is 15.2. The van der Waals surface area contributed by atoms with E-state index >= 15 is 0 Å². The van der Waals surface area contributed by atoms with Crippen LogP contribution >= 0.6 is 0 Å². The SMILES string of the molecule is CC(N)c1nc2cccnc2n1-c1ccccn1. The molecule has 0 bridgehead atoms. The Hall–Kier alpha value is -2.27. The number of fused-ring (bicyclic) bond motifs is 1. The van der Waals surface area contributed by atoms with E-state index in [9.17, 15) is 0 Å². The molecule has 0 saturated heterocycles. The van der Waals surface area contributed by atoms with E-state index in [2.05, 4.69) is 15.0 Å². The van der Waals surface area contributed by atoms with E-state index in [0.29, 0.717) is 0 Å². The van der Waals surface area contributed by atoms with Gasteiger partial charge >= 0.3 is 0 Å². The van der Waals surface area contributed by atoms with Crippen LogP contribution in [0.3, 0.4) is 0 Å². The molecule has 3 heterocycles. The van der Waals surface area contributed by atoms with Crippen LogP contribution in [0.25, 0.3) is 17.0 Å². The maximum atomic E-state index is 5.98. The number of hydrogen-bond donors (Lipinski definition) is 1. The molecule has 3 aromatic heterocycles. The Bertz CT molecular complexity index is 672. The first-order valence-corrected chi connectivity index (χ1v) is 5.78. The molecule has 5 heteroatoms. The molecule has 2 N–H and O–H groups in total. The summed E-state index contributed by atoms with van der Waals surface area (Å²) in [7, 11) is 0. The standard InChI is InChI=1S/C13H13N5/c1-9(14)12-17-10-5-4-8-16-13(10)18(12)11-6-2-3-7-15-11/h2-9H,14H2,1H3. The van der Waals surface area contributed by atoms with Crippen LogP contribution in [-0.4, -0.2) is 19.5 Å². The first kappa shape index (κ1) is 10.9. The Morgan fingerprint density at radius 3 is 2.67 bits per heavy atom. The third kappa shape index (κ3) is 1.65. The van der Waals surface area contributed by atoms with Gasteiger partial charge in [-0.25, -0.2) is 15.0 Å². The van der Waals surface area contributed by atoms with Crippen molar-refractivity contribution in [1.29, 1.82) is 0 Å². The second-order valence-corrected chi connectivity index (χ2v) is 4.13. The van der Waals surface area contributed by atoms with Gasteiger partial charge in [-0.1, -0.05) is 6.07 Å². The third-order valence-electron chi connectivity index (χ3n) is 2.73. The summed E-state index contributed by atoms with van der Waals surface area (Å²) < 4.78 is 1.90. The van der Waals surface area contributed by atoms with Crippen LogP contribution in [0.15, 0.2) is 42.7 Å². The zero-order valence-electron chi connectivity index (χ0n) is 9.99. The second kappa shape index (κ2) is 4.19. The quantitative estimate of drug-likeness (QED) is 0.740. The van der Waals surface area contributed by atoms with Crippen LogP contribution in [0.4, 0.5) is 0 Å². The highest BCUT2D eigenvalue weighted by molar-refractivity contribution is 5.73. The van der Waals surface area contributed by atoms with Crippen LogP contribution < -0.4 is 5.73 Å². The predicted octanol–water partition coefficient (Wildman–Crippen LogP) is 1.84. The summed E-state index contributed by atoms with van der Waals surface area (Å²) in [4.78, 5) is 13.2. The van der Waals surface area contributed by atoms with Gasteiger partial charge in [0, 0.05) is 12.4 Å². The molecule has 0 aromatic carbocycles. The van der Waals surface area contributed by atoms with Crippen molar-refractivity contribution in [3.8, 4) is 5.82 Å². The molecule has 0 aliphatic carbocycles. The second-order valence-electron chi connectivity index (χ2n) is 4.13. The van der Waals surface area contributed by atoms with E-state index in [0.717, 1.165) is 22.8 Å². The maximum absolute atomic E-state index is 5.98. The summed E-state index contributed by atoms with van der Waals surface area (Å²) in [6, 6.07) is 9.34. The van der Waals surface area contributed by atoms with Gasteiger partial charge in [-0.2, -0.15) is 0 Å². The van der Waals surface area contributed by atoms with Crippen molar-refractivity contribution in [1.82, 2.24) is 19.5 Å². The lowest BCUT2D eigenvalue weighted by Crippen LogP contribution is -2.13.